The summed E-state index contributed by atoms with van der Waals surface area (Å²) in [6, 6.07) is 10.8. The zero-order valence-corrected chi connectivity index (χ0v) is 15.7. The van der Waals surface area contributed by atoms with Crippen molar-refractivity contribution in [3.63, 3.8) is 0 Å². The Bertz CT molecular complexity index is 557. The molecule has 2 heteroatoms. The minimum absolute atomic E-state index is 0.991. The molecule has 0 atom stereocenters. The summed E-state index contributed by atoms with van der Waals surface area (Å²) in [7, 11) is 0. The number of unbranched alkanes of at least 4 members (excludes halogenated alkanes) is 6. The van der Waals surface area contributed by atoms with Crippen LogP contribution in [0.1, 0.15) is 76.6 Å². The predicted octanol–water partition coefficient (Wildman–Crippen LogP) is 5.53. The molecule has 0 spiro atoms. The van der Waals surface area contributed by atoms with E-state index in [1.807, 2.05) is 0 Å². The minimum Gasteiger partial charge on any atom is -0.234 e. The summed E-state index contributed by atoms with van der Waals surface area (Å²) in [5.74, 6) is 1.50. The van der Waals surface area contributed by atoms with Gasteiger partial charge in [-0.2, -0.15) is 0 Å². The minimum atomic E-state index is 0.991. The summed E-state index contributed by atoms with van der Waals surface area (Å²) in [5, 5.41) is 0. The van der Waals surface area contributed by atoms with Crippen LogP contribution in [0.2, 0.25) is 0 Å². The number of aryl methyl sites for hydroxylation is 1. The van der Waals surface area contributed by atoms with Crippen LogP contribution in [0.3, 0.4) is 0 Å². The molecule has 0 unspecified atom stereocenters. The second-order valence-corrected chi connectivity index (χ2v) is 6.89. The van der Waals surface area contributed by atoms with Gasteiger partial charge in [0.05, 0.1) is 6.54 Å². The third kappa shape index (κ3) is 6.14. The van der Waals surface area contributed by atoms with Gasteiger partial charge in [-0.25, -0.2) is 9.13 Å². The molecule has 0 aliphatic rings. The van der Waals surface area contributed by atoms with Crippen molar-refractivity contribution in [1.29, 1.82) is 0 Å². The average molecular weight is 328 g/mol. The van der Waals surface area contributed by atoms with Crippen LogP contribution in [-0.4, -0.2) is 4.57 Å². The Hall–Kier alpha value is -1.57. The fourth-order valence-electron chi connectivity index (χ4n) is 3.33. The molecular formula is C22H35N2+. The molecule has 1 heterocycles. The van der Waals surface area contributed by atoms with Crippen LogP contribution in [0, 0.1) is 0 Å². The molecule has 0 bridgehead atoms. The standard InChI is InChI=1S/C22H35N2/c1-3-5-7-8-13-17-23-18-19-24(22(23)16-10-6-4-2)20-21-14-11-9-12-15-21/h9,11-12,14-15,18-19H,3-8,10,13,16-17,20H2,1-2H3/q+1. The molecule has 0 fully saturated rings. The van der Waals surface area contributed by atoms with Crippen molar-refractivity contribution in [1.82, 2.24) is 4.57 Å². The van der Waals surface area contributed by atoms with E-state index in [0.29, 0.717) is 0 Å². The number of imidazole rings is 1. The molecular weight excluding hydrogens is 292 g/mol. The maximum absolute atomic E-state index is 2.50. The Morgan fingerprint density at radius 2 is 1.54 bits per heavy atom. The lowest BCUT2D eigenvalue weighted by molar-refractivity contribution is -0.695. The van der Waals surface area contributed by atoms with Crippen molar-refractivity contribution in [2.75, 3.05) is 0 Å². The number of hydrogen-bond acceptors (Lipinski definition) is 0. The molecule has 1 aromatic carbocycles. The molecule has 2 aromatic rings. The number of hydrogen-bond donors (Lipinski definition) is 0. The Balaban J connectivity index is 2.00. The van der Waals surface area contributed by atoms with Gasteiger partial charge >= 0.3 is 0 Å². The van der Waals surface area contributed by atoms with Gasteiger partial charge in [-0.3, -0.25) is 0 Å². The molecule has 0 aliphatic carbocycles. The number of aromatic nitrogens is 2. The Morgan fingerprint density at radius 3 is 2.29 bits per heavy atom. The summed E-state index contributed by atoms with van der Waals surface area (Å²) >= 11 is 0. The van der Waals surface area contributed by atoms with Gasteiger partial charge in [-0.15, -0.1) is 0 Å². The summed E-state index contributed by atoms with van der Waals surface area (Å²) in [4.78, 5) is 0. The second-order valence-electron chi connectivity index (χ2n) is 6.89. The van der Waals surface area contributed by atoms with Crippen LogP contribution in [0.15, 0.2) is 42.7 Å². The number of rotatable bonds is 12. The quantitative estimate of drug-likeness (QED) is 0.358. The molecule has 0 N–H and O–H groups in total. The van der Waals surface area contributed by atoms with Gasteiger partial charge in [0.2, 0.25) is 0 Å². The maximum Gasteiger partial charge on any atom is 0.256 e. The van der Waals surface area contributed by atoms with Crippen LogP contribution >= 0.6 is 0 Å². The number of benzene rings is 1. The summed E-state index contributed by atoms with van der Waals surface area (Å²) in [6.07, 6.45) is 16.4. The molecule has 2 nitrogen and oxygen atoms in total. The monoisotopic (exact) mass is 327 g/mol. The largest absolute Gasteiger partial charge is 0.256 e. The summed E-state index contributed by atoms with van der Waals surface area (Å²) in [5.41, 5.74) is 1.39. The van der Waals surface area contributed by atoms with E-state index in [0.717, 1.165) is 6.54 Å². The van der Waals surface area contributed by atoms with Crippen LogP contribution in [0.5, 0.6) is 0 Å². The predicted molar refractivity (Wildman–Crippen MR) is 102 cm³/mol. The third-order valence-corrected chi connectivity index (χ3v) is 4.79. The van der Waals surface area contributed by atoms with E-state index in [9.17, 15) is 0 Å². The first-order valence-electron chi connectivity index (χ1n) is 9.96. The molecule has 24 heavy (non-hydrogen) atoms. The van der Waals surface area contributed by atoms with Gasteiger partial charge in [0.1, 0.15) is 18.9 Å². The SMILES string of the molecule is CCCCCCCn1cc[n+](Cc2ccccc2)c1CCCCC. The van der Waals surface area contributed by atoms with Crippen molar-refractivity contribution in [3.05, 3.63) is 54.1 Å². The highest BCUT2D eigenvalue weighted by molar-refractivity contribution is 5.13. The smallest absolute Gasteiger partial charge is 0.234 e. The fourth-order valence-corrected chi connectivity index (χ4v) is 3.33. The normalized spacial score (nSPS) is 11.1. The molecule has 2 rings (SSSR count). The van der Waals surface area contributed by atoms with Gasteiger partial charge in [0.15, 0.2) is 0 Å². The van der Waals surface area contributed by atoms with E-state index in [1.165, 1.54) is 75.7 Å². The molecule has 132 valence electrons. The van der Waals surface area contributed by atoms with Crippen molar-refractivity contribution >= 4 is 0 Å². The van der Waals surface area contributed by atoms with Crippen LogP contribution in [0.25, 0.3) is 0 Å². The van der Waals surface area contributed by atoms with Gasteiger partial charge in [-0.1, -0.05) is 76.3 Å². The van der Waals surface area contributed by atoms with Crippen LogP contribution in [-0.2, 0) is 19.5 Å². The Kier molecular flexibility index (Phi) is 8.65. The lowest BCUT2D eigenvalue weighted by atomic mass is 10.1. The average Bonchev–Trinajstić information content (AvgIpc) is 2.98. The van der Waals surface area contributed by atoms with Crippen LogP contribution in [0.4, 0.5) is 0 Å². The van der Waals surface area contributed by atoms with E-state index in [2.05, 4.69) is 65.7 Å². The van der Waals surface area contributed by atoms with Crippen molar-refractivity contribution in [2.24, 2.45) is 0 Å². The number of nitrogens with zero attached hydrogens (tertiary/aromatic N) is 2. The Labute approximate surface area is 148 Å². The third-order valence-electron chi connectivity index (χ3n) is 4.79. The van der Waals surface area contributed by atoms with Gasteiger partial charge in [0, 0.05) is 6.42 Å². The molecule has 0 saturated carbocycles. The van der Waals surface area contributed by atoms with Crippen LogP contribution < -0.4 is 4.57 Å². The first-order valence-corrected chi connectivity index (χ1v) is 9.96. The Morgan fingerprint density at radius 1 is 0.833 bits per heavy atom. The zero-order chi connectivity index (χ0) is 17.0. The zero-order valence-electron chi connectivity index (χ0n) is 15.7. The van der Waals surface area contributed by atoms with E-state index in [-0.39, 0.29) is 0 Å². The van der Waals surface area contributed by atoms with E-state index < -0.39 is 0 Å². The lowest BCUT2D eigenvalue weighted by Gasteiger charge is -2.06. The van der Waals surface area contributed by atoms with Gasteiger partial charge < -0.3 is 0 Å². The summed E-state index contributed by atoms with van der Waals surface area (Å²) in [6.45, 7) is 6.73. The van der Waals surface area contributed by atoms with Crippen molar-refractivity contribution in [3.8, 4) is 0 Å². The first kappa shape index (κ1) is 18.8. The van der Waals surface area contributed by atoms with Crippen molar-refractivity contribution < 1.29 is 4.57 Å². The van der Waals surface area contributed by atoms with Crippen molar-refractivity contribution in [2.45, 2.75) is 84.7 Å². The fraction of sp³-hybridized carbons (Fsp3) is 0.591. The second kappa shape index (κ2) is 11.1. The first-order chi connectivity index (χ1) is 11.8. The molecule has 0 amide bonds. The molecule has 1 aromatic heterocycles. The highest BCUT2D eigenvalue weighted by Crippen LogP contribution is 2.09. The van der Waals surface area contributed by atoms with E-state index in [1.54, 1.807) is 0 Å². The highest BCUT2D eigenvalue weighted by atomic mass is 15.1. The summed E-state index contributed by atoms with van der Waals surface area (Å²) < 4.78 is 4.96. The van der Waals surface area contributed by atoms with Gasteiger partial charge in [0.25, 0.3) is 5.82 Å². The maximum atomic E-state index is 2.50. The van der Waals surface area contributed by atoms with E-state index >= 15 is 0 Å². The lowest BCUT2D eigenvalue weighted by Crippen LogP contribution is -2.37. The highest BCUT2D eigenvalue weighted by Gasteiger charge is 2.16. The molecule has 0 radical (unpaired) electrons. The van der Waals surface area contributed by atoms with E-state index in [4.69, 9.17) is 0 Å². The van der Waals surface area contributed by atoms with Gasteiger partial charge in [-0.05, 0) is 24.8 Å². The molecule has 0 aliphatic heterocycles. The topological polar surface area (TPSA) is 8.81 Å². The molecule has 0 saturated heterocycles.